The van der Waals surface area contributed by atoms with Crippen molar-refractivity contribution in [1.82, 2.24) is 10.6 Å². The van der Waals surface area contributed by atoms with Gasteiger partial charge in [0.1, 0.15) is 0 Å². The zero-order valence-electron chi connectivity index (χ0n) is 15.6. The Morgan fingerprint density at radius 2 is 1.74 bits per heavy atom. The first-order valence-corrected chi connectivity index (χ1v) is 7.89. The van der Waals surface area contributed by atoms with Crippen molar-refractivity contribution in [3.05, 3.63) is 23.8 Å². The molecular formula is C17H22F2N2O6. The molecule has 0 aliphatic rings. The third-order valence-electron chi connectivity index (χ3n) is 2.99. The van der Waals surface area contributed by atoms with Gasteiger partial charge in [0.15, 0.2) is 17.6 Å². The summed E-state index contributed by atoms with van der Waals surface area (Å²) in [4.78, 5) is 35.7. The molecule has 2 N–H and O–H groups in total. The molecule has 0 aliphatic heterocycles. The van der Waals surface area contributed by atoms with Gasteiger partial charge in [0.05, 0.1) is 12.7 Å². The topological polar surface area (TPSA) is 103 Å². The minimum Gasteiger partial charge on any atom is -0.493 e. The lowest BCUT2D eigenvalue weighted by Crippen LogP contribution is -2.50. The summed E-state index contributed by atoms with van der Waals surface area (Å²) in [6.45, 7) is 3.42. The highest BCUT2D eigenvalue weighted by molar-refractivity contribution is 5.98. The standard InChI is InChI=1S/C17H22F2N2O6/c1-9(13(22)20-16(24)21-17(2,3)4)26-14(23)10-6-7-11(27-15(18)19)12(8-10)25-5/h6-9,15H,1-5H3,(H2,20,21,22,24)/t9-/m0/s1. The number of imide groups is 1. The van der Waals surface area contributed by atoms with E-state index in [4.69, 9.17) is 9.47 Å². The third kappa shape index (κ3) is 7.47. The Hall–Kier alpha value is -2.91. The predicted octanol–water partition coefficient (Wildman–Crippen LogP) is 2.47. The number of amides is 3. The van der Waals surface area contributed by atoms with Crippen molar-refractivity contribution in [1.29, 1.82) is 0 Å². The van der Waals surface area contributed by atoms with Crippen LogP contribution in [-0.4, -0.2) is 43.3 Å². The van der Waals surface area contributed by atoms with E-state index < -0.39 is 36.2 Å². The number of urea groups is 1. The van der Waals surface area contributed by atoms with Crippen LogP contribution >= 0.6 is 0 Å². The molecule has 0 bridgehead atoms. The van der Waals surface area contributed by atoms with Gasteiger partial charge in [0.25, 0.3) is 5.91 Å². The van der Waals surface area contributed by atoms with Crippen LogP contribution in [0.15, 0.2) is 18.2 Å². The van der Waals surface area contributed by atoms with E-state index >= 15 is 0 Å². The maximum absolute atomic E-state index is 12.3. The Bertz CT molecular complexity index is 703. The Morgan fingerprint density at radius 1 is 1.11 bits per heavy atom. The number of hydrogen-bond donors (Lipinski definition) is 2. The van der Waals surface area contributed by atoms with E-state index in [1.54, 1.807) is 20.8 Å². The predicted molar refractivity (Wildman–Crippen MR) is 90.9 cm³/mol. The van der Waals surface area contributed by atoms with Crippen molar-refractivity contribution in [2.75, 3.05) is 7.11 Å². The van der Waals surface area contributed by atoms with Crippen LogP contribution in [0, 0.1) is 0 Å². The molecule has 3 amide bonds. The van der Waals surface area contributed by atoms with Gasteiger partial charge in [0, 0.05) is 5.54 Å². The van der Waals surface area contributed by atoms with E-state index in [-0.39, 0.29) is 17.1 Å². The van der Waals surface area contributed by atoms with Crippen LogP contribution in [0.5, 0.6) is 11.5 Å². The number of carbonyl (C=O) groups excluding carboxylic acids is 3. The molecule has 8 nitrogen and oxygen atoms in total. The van der Waals surface area contributed by atoms with Crippen LogP contribution in [0.25, 0.3) is 0 Å². The van der Waals surface area contributed by atoms with Crippen molar-refractivity contribution in [2.45, 2.75) is 45.9 Å². The van der Waals surface area contributed by atoms with Gasteiger partial charge in [-0.3, -0.25) is 10.1 Å². The van der Waals surface area contributed by atoms with Crippen molar-refractivity contribution in [2.24, 2.45) is 0 Å². The fraction of sp³-hybridized carbons (Fsp3) is 0.471. The number of methoxy groups -OCH3 is 1. The number of benzene rings is 1. The quantitative estimate of drug-likeness (QED) is 0.726. The SMILES string of the molecule is COc1cc(C(=O)O[C@@H](C)C(=O)NC(=O)NC(C)(C)C)ccc1OC(F)F. The molecule has 0 heterocycles. The number of nitrogens with one attached hydrogen (secondary N) is 2. The molecule has 0 spiro atoms. The van der Waals surface area contributed by atoms with E-state index in [1.807, 2.05) is 0 Å². The number of ether oxygens (including phenoxy) is 3. The van der Waals surface area contributed by atoms with Gasteiger partial charge in [-0.25, -0.2) is 9.59 Å². The molecule has 0 unspecified atom stereocenters. The second kappa shape index (κ2) is 9.15. The van der Waals surface area contributed by atoms with Crippen LogP contribution in [0.2, 0.25) is 0 Å². The van der Waals surface area contributed by atoms with Gasteiger partial charge < -0.3 is 19.5 Å². The molecule has 1 atom stereocenters. The average molecular weight is 388 g/mol. The molecule has 27 heavy (non-hydrogen) atoms. The van der Waals surface area contributed by atoms with E-state index in [2.05, 4.69) is 15.4 Å². The summed E-state index contributed by atoms with van der Waals surface area (Å²) in [6, 6.07) is 2.70. The van der Waals surface area contributed by atoms with E-state index in [0.29, 0.717) is 0 Å². The molecule has 0 saturated heterocycles. The number of carbonyl (C=O) groups is 3. The summed E-state index contributed by atoms with van der Waals surface area (Å²) in [6.07, 6.45) is -1.27. The lowest BCUT2D eigenvalue weighted by atomic mass is 10.1. The smallest absolute Gasteiger partial charge is 0.387 e. The molecule has 0 saturated carbocycles. The summed E-state index contributed by atoms with van der Waals surface area (Å²) in [5, 5.41) is 4.58. The molecule has 1 rings (SSSR count). The van der Waals surface area contributed by atoms with Crippen molar-refractivity contribution in [3.63, 3.8) is 0 Å². The molecule has 10 heteroatoms. The van der Waals surface area contributed by atoms with Crippen molar-refractivity contribution >= 4 is 17.9 Å². The van der Waals surface area contributed by atoms with Crippen LogP contribution in [0.3, 0.4) is 0 Å². The second-order valence-electron chi connectivity index (χ2n) is 6.49. The summed E-state index contributed by atoms with van der Waals surface area (Å²) < 4.78 is 38.8. The maximum Gasteiger partial charge on any atom is 0.387 e. The molecule has 0 radical (unpaired) electrons. The fourth-order valence-electron chi connectivity index (χ4n) is 1.86. The minimum absolute atomic E-state index is 0.0488. The average Bonchev–Trinajstić information content (AvgIpc) is 2.52. The van der Waals surface area contributed by atoms with Gasteiger partial charge in [-0.05, 0) is 45.9 Å². The molecule has 0 aromatic heterocycles. The zero-order valence-corrected chi connectivity index (χ0v) is 15.6. The first kappa shape index (κ1) is 22.1. The molecule has 0 aliphatic carbocycles. The van der Waals surface area contributed by atoms with Gasteiger partial charge in [-0.15, -0.1) is 0 Å². The van der Waals surface area contributed by atoms with Gasteiger partial charge in [-0.1, -0.05) is 0 Å². The minimum atomic E-state index is -3.06. The first-order valence-electron chi connectivity index (χ1n) is 7.89. The third-order valence-corrected chi connectivity index (χ3v) is 2.99. The van der Waals surface area contributed by atoms with Crippen LogP contribution in [0.1, 0.15) is 38.1 Å². The Kier molecular flexibility index (Phi) is 7.50. The Balaban J connectivity index is 2.74. The lowest BCUT2D eigenvalue weighted by molar-refractivity contribution is -0.127. The highest BCUT2D eigenvalue weighted by atomic mass is 19.3. The Morgan fingerprint density at radius 3 is 2.26 bits per heavy atom. The summed E-state index contributed by atoms with van der Waals surface area (Å²) in [5.41, 5.74) is -0.602. The fourth-order valence-corrected chi connectivity index (χ4v) is 1.86. The van der Waals surface area contributed by atoms with E-state index in [0.717, 1.165) is 12.1 Å². The number of esters is 1. The summed E-state index contributed by atoms with van der Waals surface area (Å²) >= 11 is 0. The molecule has 1 aromatic rings. The summed E-state index contributed by atoms with van der Waals surface area (Å²) in [5.74, 6) is -2.09. The number of hydrogen-bond acceptors (Lipinski definition) is 6. The van der Waals surface area contributed by atoms with Gasteiger partial charge in [-0.2, -0.15) is 8.78 Å². The molecular weight excluding hydrogens is 366 g/mol. The number of rotatable bonds is 6. The largest absolute Gasteiger partial charge is 0.493 e. The van der Waals surface area contributed by atoms with Gasteiger partial charge in [0.2, 0.25) is 0 Å². The van der Waals surface area contributed by atoms with E-state index in [9.17, 15) is 23.2 Å². The number of alkyl halides is 2. The Labute approximate surface area is 155 Å². The monoisotopic (exact) mass is 388 g/mol. The summed E-state index contributed by atoms with van der Waals surface area (Å²) in [7, 11) is 1.21. The van der Waals surface area contributed by atoms with Crippen LogP contribution < -0.4 is 20.1 Å². The second-order valence-corrected chi connectivity index (χ2v) is 6.49. The van der Waals surface area contributed by atoms with E-state index in [1.165, 1.54) is 20.1 Å². The zero-order chi connectivity index (χ0) is 20.8. The van der Waals surface area contributed by atoms with Crippen LogP contribution in [-0.2, 0) is 9.53 Å². The van der Waals surface area contributed by atoms with Crippen molar-refractivity contribution < 1.29 is 37.4 Å². The molecule has 0 fully saturated rings. The van der Waals surface area contributed by atoms with Crippen LogP contribution in [0.4, 0.5) is 13.6 Å². The number of halogens is 2. The maximum atomic E-state index is 12.3. The highest BCUT2D eigenvalue weighted by Crippen LogP contribution is 2.29. The molecule has 150 valence electrons. The first-order chi connectivity index (χ1) is 12.4. The highest BCUT2D eigenvalue weighted by Gasteiger charge is 2.23. The molecule has 1 aromatic carbocycles. The van der Waals surface area contributed by atoms with Gasteiger partial charge >= 0.3 is 18.6 Å². The van der Waals surface area contributed by atoms with Crippen molar-refractivity contribution in [3.8, 4) is 11.5 Å². The lowest BCUT2D eigenvalue weighted by Gasteiger charge is -2.21. The normalized spacial score (nSPS) is 12.1.